The van der Waals surface area contributed by atoms with Gasteiger partial charge in [0.25, 0.3) is 5.22 Å². The molecule has 1 aliphatic heterocycles. The lowest BCUT2D eigenvalue weighted by Gasteiger charge is -2.07. The molecule has 26 heavy (non-hydrogen) atoms. The minimum atomic E-state index is -0.346. The molecule has 0 fully saturated rings. The molecule has 0 N–H and O–H groups in total. The van der Waals surface area contributed by atoms with Gasteiger partial charge < -0.3 is 13.9 Å². The monoisotopic (exact) mass is 432 g/mol. The topological polar surface area (TPSA) is 74.5 Å². The molecular weight excluding hydrogens is 420 g/mol. The van der Waals surface area contributed by atoms with Gasteiger partial charge in [0.15, 0.2) is 17.3 Å². The van der Waals surface area contributed by atoms with Crippen LogP contribution in [0.25, 0.3) is 11.5 Å². The highest BCUT2D eigenvalue weighted by Crippen LogP contribution is 2.36. The zero-order valence-corrected chi connectivity index (χ0v) is 16.0. The summed E-state index contributed by atoms with van der Waals surface area (Å²) in [6, 6.07) is 12.7. The van der Waals surface area contributed by atoms with Crippen molar-refractivity contribution >= 4 is 33.5 Å². The number of aromatic nitrogens is 2. The van der Waals surface area contributed by atoms with Gasteiger partial charge in [-0.1, -0.05) is 39.8 Å². The number of hydrogen-bond acceptors (Lipinski definition) is 7. The van der Waals surface area contributed by atoms with E-state index in [-0.39, 0.29) is 17.8 Å². The fourth-order valence-corrected chi connectivity index (χ4v) is 3.48. The molecule has 4 rings (SSSR count). The number of rotatable bonds is 5. The van der Waals surface area contributed by atoms with Crippen molar-refractivity contribution in [3.63, 3.8) is 0 Å². The van der Waals surface area contributed by atoms with Gasteiger partial charge in [0.05, 0.1) is 5.25 Å². The minimum absolute atomic E-state index is 0.00493. The summed E-state index contributed by atoms with van der Waals surface area (Å²) in [5, 5.41) is 8.09. The van der Waals surface area contributed by atoms with Crippen LogP contribution in [0.2, 0.25) is 0 Å². The molecule has 0 unspecified atom stereocenters. The fraction of sp³-hybridized carbons (Fsp3) is 0.167. The van der Waals surface area contributed by atoms with E-state index in [1.165, 1.54) is 11.8 Å². The Labute approximate surface area is 162 Å². The Hall–Kier alpha value is -2.32. The number of hydrogen-bond donors (Lipinski definition) is 0. The molecule has 0 radical (unpaired) electrons. The lowest BCUT2D eigenvalue weighted by atomic mass is 10.1. The quantitative estimate of drug-likeness (QED) is 0.430. The highest BCUT2D eigenvalue weighted by Gasteiger charge is 2.21. The van der Waals surface area contributed by atoms with Gasteiger partial charge in [-0.2, -0.15) is 0 Å². The first-order valence-electron chi connectivity index (χ1n) is 7.80. The van der Waals surface area contributed by atoms with E-state index in [9.17, 15) is 4.79 Å². The molecule has 0 saturated carbocycles. The standard InChI is InChI=1S/C18H13BrN2O4S/c1-10(16(22)11-2-5-13(19)6-3-11)26-18-21-20-17(25-18)12-4-7-14-15(8-12)24-9-23-14/h2-8,10H,9H2,1H3/t10-/m0/s1. The van der Waals surface area contributed by atoms with Crippen LogP contribution in [-0.2, 0) is 0 Å². The van der Waals surface area contributed by atoms with Crippen molar-refractivity contribution in [2.75, 3.05) is 6.79 Å². The van der Waals surface area contributed by atoms with Crippen molar-refractivity contribution in [3.05, 3.63) is 52.5 Å². The summed E-state index contributed by atoms with van der Waals surface area (Å²) in [4.78, 5) is 12.5. The van der Waals surface area contributed by atoms with Crippen molar-refractivity contribution in [1.29, 1.82) is 0 Å². The van der Waals surface area contributed by atoms with Crippen LogP contribution in [0.1, 0.15) is 17.3 Å². The highest BCUT2D eigenvalue weighted by molar-refractivity contribution is 9.10. The zero-order chi connectivity index (χ0) is 18.1. The molecule has 0 bridgehead atoms. The Kier molecular flexibility index (Phi) is 4.69. The van der Waals surface area contributed by atoms with Crippen LogP contribution in [-0.4, -0.2) is 28.0 Å². The molecule has 2 heterocycles. The maximum Gasteiger partial charge on any atom is 0.277 e. The van der Waals surface area contributed by atoms with Gasteiger partial charge in [-0.3, -0.25) is 4.79 Å². The van der Waals surface area contributed by atoms with Gasteiger partial charge >= 0.3 is 0 Å². The van der Waals surface area contributed by atoms with Crippen LogP contribution in [0, 0.1) is 0 Å². The van der Waals surface area contributed by atoms with E-state index in [4.69, 9.17) is 13.9 Å². The average molecular weight is 433 g/mol. The SMILES string of the molecule is C[C@H](Sc1nnc(-c2ccc3c(c2)OCO3)o1)C(=O)c1ccc(Br)cc1. The molecule has 1 atom stereocenters. The lowest BCUT2D eigenvalue weighted by Crippen LogP contribution is -2.13. The molecule has 0 amide bonds. The van der Waals surface area contributed by atoms with Crippen molar-refractivity contribution in [2.45, 2.75) is 17.4 Å². The van der Waals surface area contributed by atoms with Gasteiger partial charge in [-0.25, -0.2) is 0 Å². The van der Waals surface area contributed by atoms with E-state index in [0.717, 1.165) is 10.0 Å². The minimum Gasteiger partial charge on any atom is -0.454 e. The predicted molar refractivity (Wildman–Crippen MR) is 99.6 cm³/mol. The average Bonchev–Trinajstić information content (AvgIpc) is 3.30. The number of benzene rings is 2. The summed E-state index contributed by atoms with van der Waals surface area (Å²) in [7, 11) is 0. The Balaban J connectivity index is 1.48. The third kappa shape index (κ3) is 3.47. The number of halogens is 1. The summed E-state index contributed by atoms with van der Waals surface area (Å²) in [5.41, 5.74) is 1.38. The number of Topliss-reactive ketones (excluding diaryl/α,β-unsaturated/α-hetero) is 1. The molecule has 132 valence electrons. The smallest absolute Gasteiger partial charge is 0.277 e. The third-order valence-electron chi connectivity index (χ3n) is 3.80. The van der Waals surface area contributed by atoms with Gasteiger partial charge in [0, 0.05) is 15.6 Å². The second-order valence-corrected chi connectivity index (χ2v) is 7.78. The van der Waals surface area contributed by atoms with E-state index in [0.29, 0.717) is 28.2 Å². The molecular formula is C18H13BrN2O4S. The number of thioether (sulfide) groups is 1. The Morgan fingerprint density at radius 2 is 1.88 bits per heavy atom. The first-order chi connectivity index (χ1) is 12.6. The van der Waals surface area contributed by atoms with Crippen molar-refractivity contribution in [1.82, 2.24) is 10.2 Å². The fourth-order valence-electron chi connectivity index (χ4n) is 2.46. The number of fused-ring (bicyclic) bond motifs is 1. The maximum atomic E-state index is 12.5. The normalized spacial score (nSPS) is 13.6. The summed E-state index contributed by atoms with van der Waals surface area (Å²) in [6.07, 6.45) is 0. The maximum absolute atomic E-state index is 12.5. The van der Waals surface area contributed by atoms with Gasteiger partial charge in [0.1, 0.15) is 0 Å². The number of ketones is 1. The van der Waals surface area contributed by atoms with E-state index in [1.807, 2.05) is 25.1 Å². The number of ether oxygens (including phenoxy) is 2. The van der Waals surface area contributed by atoms with Crippen molar-refractivity contribution in [2.24, 2.45) is 0 Å². The van der Waals surface area contributed by atoms with Crippen LogP contribution in [0.15, 0.2) is 56.6 Å². The second kappa shape index (κ2) is 7.13. The number of nitrogens with zero attached hydrogens (tertiary/aromatic N) is 2. The van der Waals surface area contributed by atoms with Crippen molar-refractivity contribution < 1.29 is 18.7 Å². The lowest BCUT2D eigenvalue weighted by molar-refractivity contribution is 0.0993. The predicted octanol–water partition coefficient (Wildman–Crippen LogP) is 4.59. The molecule has 8 heteroatoms. The highest BCUT2D eigenvalue weighted by atomic mass is 79.9. The number of carbonyl (C=O) groups excluding carboxylic acids is 1. The van der Waals surface area contributed by atoms with Crippen LogP contribution in [0.4, 0.5) is 0 Å². The first kappa shape index (κ1) is 17.1. The molecule has 1 aliphatic rings. The van der Waals surface area contributed by atoms with E-state index >= 15 is 0 Å². The van der Waals surface area contributed by atoms with Gasteiger partial charge in [-0.15, -0.1) is 10.2 Å². The first-order valence-corrected chi connectivity index (χ1v) is 9.47. The largest absolute Gasteiger partial charge is 0.454 e. The van der Waals surface area contributed by atoms with Gasteiger partial charge in [0.2, 0.25) is 12.7 Å². The van der Waals surface area contributed by atoms with Crippen LogP contribution in [0.5, 0.6) is 11.5 Å². The molecule has 6 nitrogen and oxygen atoms in total. The zero-order valence-electron chi connectivity index (χ0n) is 13.6. The van der Waals surface area contributed by atoms with Crippen LogP contribution < -0.4 is 9.47 Å². The Morgan fingerprint density at radius 3 is 2.69 bits per heavy atom. The molecule has 3 aromatic rings. The molecule has 2 aromatic carbocycles. The molecule has 1 aromatic heterocycles. The van der Waals surface area contributed by atoms with E-state index in [1.54, 1.807) is 24.3 Å². The summed E-state index contributed by atoms with van der Waals surface area (Å²) in [5.74, 6) is 1.71. The Morgan fingerprint density at radius 1 is 1.12 bits per heavy atom. The van der Waals surface area contributed by atoms with E-state index < -0.39 is 0 Å². The van der Waals surface area contributed by atoms with E-state index in [2.05, 4.69) is 26.1 Å². The summed E-state index contributed by atoms with van der Waals surface area (Å²) >= 11 is 4.60. The molecule has 0 saturated heterocycles. The summed E-state index contributed by atoms with van der Waals surface area (Å²) in [6.45, 7) is 2.03. The van der Waals surface area contributed by atoms with Crippen LogP contribution >= 0.6 is 27.7 Å². The van der Waals surface area contributed by atoms with Crippen molar-refractivity contribution in [3.8, 4) is 23.0 Å². The number of carbonyl (C=O) groups is 1. The van der Waals surface area contributed by atoms with Crippen LogP contribution in [0.3, 0.4) is 0 Å². The molecule has 0 aliphatic carbocycles. The van der Waals surface area contributed by atoms with Gasteiger partial charge in [-0.05, 0) is 37.3 Å². The molecule has 0 spiro atoms. The Bertz CT molecular complexity index is 958. The third-order valence-corrected chi connectivity index (χ3v) is 5.26. The summed E-state index contributed by atoms with van der Waals surface area (Å²) < 4.78 is 17.3. The second-order valence-electron chi connectivity index (χ2n) is 5.57.